The van der Waals surface area contributed by atoms with Gasteiger partial charge in [0.25, 0.3) is 0 Å². The van der Waals surface area contributed by atoms with E-state index >= 15 is 0 Å². The molecule has 0 atom stereocenters. The Morgan fingerprint density at radius 3 is 2.57 bits per heavy atom. The van der Waals surface area contributed by atoms with Crippen LogP contribution in [0.4, 0.5) is 14.6 Å². The van der Waals surface area contributed by atoms with Crippen LogP contribution >= 0.6 is 35.6 Å². The molecule has 28 heavy (non-hydrogen) atoms. The first-order valence-electron chi connectivity index (χ1n) is 8.19. The van der Waals surface area contributed by atoms with E-state index in [9.17, 15) is 8.78 Å². The van der Waals surface area contributed by atoms with E-state index in [0.29, 0.717) is 23.1 Å². The molecule has 0 saturated carbocycles. The molecule has 0 aliphatic rings. The predicted octanol–water partition coefficient (Wildman–Crippen LogP) is 3.89. The topological polar surface area (TPSA) is 61.8 Å². The molecule has 0 amide bonds. The van der Waals surface area contributed by atoms with Crippen LogP contribution in [0.5, 0.6) is 5.75 Å². The van der Waals surface area contributed by atoms with Gasteiger partial charge in [0, 0.05) is 51.0 Å². The molecule has 1 aromatic carbocycles. The van der Waals surface area contributed by atoms with E-state index in [-0.39, 0.29) is 36.3 Å². The SMILES string of the molecule is CN=C(NCc1ccnc(N(C)C)c1)NCc1cc(Cl)ccc1OC(F)F.I. The first-order valence-corrected chi connectivity index (χ1v) is 8.57. The van der Waals surface area contributed by atoms with Gasteiger partial charge < -0.3 is 20.3 Å². The Kier molecular flexibility index (Phi) is 10.2. The van der Waals surface area contributed by atoms with Crippen molar-refractivity contribution in [2.75, 3.05) is 26.0 Å². The number of rotatable bonds is 7. The predicted molar refractivity (Wildman–Crippen MR) is 119 cm³/mol. The first-order chi connectivity index (χ1) is 12.9. The van der Waals surface area contributed by atoms with Gasteiger partial charge in [-0.1, -0.05) is 11.6 Å². The second kappa shape index (κ2) is 11.8. The molecule has 0 spiro atoms. The molecule has 0 aliphatic heterocycles. The third-order valence-electron chi connectivity index (χ3n) is 3.64. The molecule has 2 rings (SSSR count). The third-order valence-corrected chi connectivity index (χ3v) is 3.87. The maximum atomic E-state index is 12.5. The van der Waals surface area contributed by atoms with E-state index < -0.39 is 6.61 Å². The van der Waals surface area contributed by atoms with Crippen molar-refractivity contribution in [2.45, 2.75) is 19.7 Å². The Hall–Kier alpha value is -1.88. The molecule has 0 aliphatic carbocycles. The quantitative estimate of drug-likeness (QED) is 0.326. The number of guanidine groups is 1. The lowest BCUT2D eigenvalue weighted by atomic mass is 10.2. The van der Waals surface area contributed by atoms with Gasteiger partial charge in [-0.25, -0.2) is 4.98 Å². The van der Waals surface area contributed by atoms with Crippen LogP contribution in [0.25, 0.3) is 0 Å². The van der Waals surface area contributed by atoms with Crippen LogP contribution in [-0.2, 0) is 13.1 Å². The number of alkyl halides is 2. The van der Waals surface area contributed by atoms with E-state index in [1.807, 2.05) is 31.1 Å². The average molecular weight is 526 g/mol. The Balaban J connectivity index is 0.00000392. The standard InChI is InChI=1S/C18H22ClF2N5O.HI/c1-22-18(24-10-12-6-7-23-16(8-12)26(2)3)25-11-13-9-14(19)4-5-15(13)27-17(20)21;/h4-9,17H,10-11H2,1-3H3,(H2,22,24,25);1H. The lowest BCUT2D eigenvalue weighted by molar-refractivity contribution is -0.0504. The molecule has 0 radical (unpaired) electrons. The van der Waals surface area contributed by atoms with Crippen LogP contribution in [-0.4, -0.2) is 38.7 Å². The minimum atomic E-state index is -2.90. The monoisotopic (exact) mass is 525 g/mol. The number of nitrogens with zero attached hydrogens (tertiary/aromatic N) is 3. The van der Waals surface area contributed by atoms with Gasteiger partial charge >= 0.3 is 6.61 Å². The summed E-state index contributed by atoms with van der Waals surface area (Å²) in [6, 6.07) is 8.36. The number of hydrogen-bond acceptors (Lipinski definition) is 4. The summed E-state index contributed by atoms with van der Waals surface area (Å²) in [5.41, 5.74) is 1.53. The van der Waals surface area contributed by atoms with Gasteiger partial charge in [-0.05, 0) is 35.9 Å². The number of anilines is 1. The Morgan fingerprint density at radius 2 is 1.93 bits per heavy atom. The molecular formula is C18H23ClF2IN5O. The Bertz CT molecular complexity index is 792. The van der Waals surface area contributed by atoms with Gasteiger partial charge in [0.15, 0.2) is 5.96 Å². The Morgan fingerprint density at radius 1 is 1.21 bits per heavy atom. The molecule has 10 heteroatoms. The molecule has 1 heterocycles. The van der Waals surface area contributed by atoms with E-state index in [4.69, 9.17) is 11.6 Å². The fraction of sp³-hybridized carbons (Fsp3) is 0.333. The van der Waals surface area contributed by atoms with Crippen molar-refractivity contribution in [1.82, 2.24) is 15.6 Å². The molecule has 1 aromatic heterocycles. The number of hydrogen-bond donors (Lipinski definition) is 2. The highest BCUT2D eigenvalue weighted by Crippen LogP contribution is 2.24. The van der Waals surface area contributed by atoms with Crippen molar-refractivity contribution in [3.05, 3.63) is 52.7 Å². The zero-order valence-electron chi connectivity index (χ0n) is 15.7. The van der Waals surface area contributed by atoms with Crippen LogP contribution in [0.1, 0.15) is 11.1 Å². The average Bonchev–Trinajstić information content (AvgIpc) is 2.63. The fourth-order valence-corrected chi connectivity index (χ4v) is 2.49. The summed E-state index contributed by atoms with van der Waals surface area (Å²) in [6.45, 7) is -2.15. The van der Waals surface area contributed by atoms with Crippen molar-refractivity contribution in [3.63, 3.8) is 0 Å². The second-order valence-corrected chi connectivity index (χ2v) is 6.26. The van der Waals surface area contributed by atoms with Crippen LogP contribution in [0, 0.1) is 0 Å². The van der Waals surface area contributed by atoms with Crippen molar-refractivity contribution < 1.29 is 13.5 Å². The summed E-state index contributed by atoms with van der Waals surface area (Å²) < 4.78 is 29.6. The number of halogens is 4. The van der Waals surface area contributed by atoms with Crippen molar-refractivity contribution >= 4 is 47.4 Å². The summed E-state index contributed by atoms with van der Waals surface area (Å²) in [5.74, 6) is 1.44. The number of aliphatic imine (C=N–C) groups is 1. The highest BCUT2D eigenvalue weighted by Gasteiger charge is 2.11. The van der Waals surface area contributed by atoms with E-state index in [1.165, 1.54) is 12.1 Å². The fourth-order valence-electron chi connectivity index (χ4n) is 2.30. The maximum Gasteiger partial charge on any atom is 0.387 e. The van der Waals surface area contributed by atoms with Crippen molar-refractivity contribution in [1.29, 1.82) is 0 Å². The molecule has 154 valence electrons. The van der Waals surface area contributed by atoms with E-state index in [0.717, 1.165) is 11.4 Å². The minimum absolute atomic E-state index is 0. The summed E-state index contributed by atoms with van der Waals surface area (Å²) in [6.07, 6.45) is 1.74. The highest BCUT2D eigenvalue weighted by molar-refractivity contribution is 14.0. The lowest BCUT2D eigenvalue weighted by Gasteiger charge is -2.16. The molecule has 6 nitrogen and oxygen atoms in total. The summed E-state index contributed by atoms with van der Waals surface area (Å²) in [7, 11) is 5.47. The van der Waals surface area contributed by atoms with Gasteiger partial charge in [-0.3, -0.25) is 4.99 Å². The summed E-state index contributed by atoms with van der Waals surface area (Å²) in [5, 5.41) is 6.67. The molecule has 2 aromatic rings. The molecular weight excluding hydrogens is 503 g/mol. The lowest BCUT2D eigenvalue weighted by Crippen LogP contribution is -2.36. The first kappa shape index (κ1) is 24.2. The van der Waals surface area contributed by atoms with E-state index in [1.54, 1.807) is 19.3 Å². The number of ether oxygens (including phenoxy) is 1. The maximum absolute atomic E-state index is 12.5. The van der Waals surface area contributed by atoms with Gasteiger partial charge in [0.1, 0.15) is 11.6 Å². The number of aromatic nitrogens is 1. The van der Waals surface area contributed by atoms with Crippen LogP contribution < -0.4 is 20.3 Å². The van der Waals surface area contributed by atoms with Crippen molar-refractivity contribution in [3.8, 4) is 5.75 Å². The number of nitrogens with one attached hydrogen (secondary N) is 2. The van der Waals surface area contributed by atoms with Crippen LogP contribution in [0.15, 0.2) is 41.5 Å². The molecule has 0 fully saturated rings. The van der Waals surface area contributed by atoms with Gasteiger partial charge in [0.2, 0.25) is 0 Å². The van der Waals surface area contributed by atoms with Crippen LogP contribution in [0.3, 0.4) is 0 Å². The minimum Gasteiger partial charge on any atom is -0.434 e. The van der Waals surface area contributed by atoms with E-state index in [2.05, 4.69) is 25.3 Å². The van der Waals surface area contributed by atoms with Gasteiger partial charge in [0.05, 0.1) is 0 Å². The molecule has 0 unspecified atom stereocenters. The smallest absolute Gasteiger partial charge is 0.387 e. The zero-order chi connectivity index (χ0) is 19.8. The van der Waals surface area contributed by atoms with Crippen LogP contribution in [0.2, 0.25) is 5.02 Å². The Labute approximate surface area is 185 Å². The summed E-state index contributed by atoms with van der Waals surface area (Å²) in [4.78, 5) is 10.3. The highest BCUT2D eigenvalue weighted by atomic mass is 127. The van der Waals surface area contributed by atoms with Gasteiger partial charge in [-0.2, -0.15) is 8.78 Å². The third kappa shape index (κ3) is 7.63. The zero-order valence-corrected chi connectivity index (χ0v) is 18.8. The molecule has 2 N–H and O–H groups in total. The molecule has 0 saturated heterocycles. The second-order valence-electron chi connectivity index (χ2n) is 5.83. The number of pyridine rings is 1. The van der Waals surface area contributed by atoms with Gasteiger partial charge in [-0.15, -0.1) is 24.0 Å². The summed E-state index contributed by atoms with van der Waals surface area (Å²) >= 11 is 5.96. The molecule has 0 bridgehead atoms. The largest absolute Gasteiger partial charge is 0.434 e. The van der Waals surface area contributed by atoms with Crippen molar-refractivity contribution in [2.24, 2.45) is 4.99 Å². The number of benzene rings is 1. The normalized spacial score (nSPS) is 11.0.